The summed E-state index contributed by atoms with van der Waals surface area (Å²) in [6.07, 6.45) is 0. The molecular formula is C18H24N4O2. The number of nitrogens with one attached hydrogen (secondary N) is 1. The van der Waals surface area contributed by atoms with Gasteiger partial charge in [-0.15, -0.1) is 0 Å². The van der Waals surface area contributed by atoms with Gasteiger partial charge in [-0.3, -0.25) is 14.3 Å². The number of aryl methyl sites for hydroxylation is 1. The Balaban J connectivity index is 2.23. The second-order valence-electron chi connectivity index (χ2n) is 7.02. The molecule has 0 aliphatic heterocycles. The summed E-state index contributed by atoms with van der Waals surface area (Å²) in [7, 11) is 5.13. The van der Waals surface area contributed by atoms with Crippen LogP contribution in [-0.4, -0.2) is 40.6 Å². The molecule has 1 aromatic carbocycles. The van der Waals surface area contributed by atoms with Crippen molar-refractivity contribution in [1.82, 2.24) is 14.7 Å². The van der Waals surface area contributed by atoms with Gasteiger partial charge >= 0.3 is 0 Å². The second-order valence-corrected chi connectivity index (χ2v) is 7.02. The first kappa shape index (κ1) is 17.7. The van der Waals surface area contributed by atoms with Crippen LogP contribution in [0.1, 0.15) is 47.3 Å². The van der Waals surface area contributed by atoms with Crippen molar-refractivity contribution < 1.29 is 9.59 Å². The molecule has 6 nitrogen and oxygen atoms in total. The number of amides is 2. The van der Waals surface area contributed by atoms with E-state index >= 15 is 0 Å². The number of anilines is 1. The first-order valence-electron chi connectivity index (χ1n) is 7.77. The second kappa shape index (κ2) is 6.47. The third-order valence-electron chi connectivity index (χ3n) is 3.65. The molecule has 1 heterocycles. The molecule has 0 fully saturated rings. The molecule has 2 amide bonds. The van der Waals surface area contributed by atoms with Gasteiger partial charge in [0.2, 0.25) is 0 Å². The molecule has 24 heavy (non-hydrogen) atoms. The smallest absolute Gasteiger partial charge is 0.273 e. The minimum atomic E-state index is -0.255. The maximum absolute atomic E-state index is 12.5. The highest BCUT2D eigenvalue weighted by molar-refractivity contribution is 6.04. The van der Waals surface area contributed by atoms with E-state index in [9.17, 15) is 9.59 Å². The van der Waals surface area contributed by atoms with Gasteiger partial charge in [-0.1, -0.05) is 26.8 Å². The highest BCUT2D eigenvalue weighted by Crippen LogP contribution is 2.22. The number of hydrogen-bond donors (Lipinski definition) is 1. The van der Waals surface area contributed by atoms with Crippen LogP contribution in [0.3, 0.4) is 0 Å². The van der Waals surface area contributed by atoms with Crippen molar-refractivity contribution in [3.8, 4) is 0 Å². The lowest BCUT2D eigenvalue weighted by Crippen LogP contribution is -2.22. The van der Waals surface area contributed by atoms with Crippen LogP contribution in [0, 0.1) is 0 Å². The number of rotatable bonds is 3. The summed E-state index contributed by atoms with van der Waals surface area (Å²) in [5.41, 5.74) is 2.30. The van der Waals surface area contributed by atoms with Gasteiger partial charge in [0.25, 0.3) is 11.8 Å². The maximum atomic E-state index is 12.5. The SMILES string of the molecule is CN(C)C(=O)c1cccc(NC(=O)c2cc(C(C)(C)C)nn2C)c1. The van der Waals surface area contributed by atoms with E-state index < -0.39 is 0 Å². The maximum Gasteiger partial charge on any atom is 0.273 e. The van der Waals surface area contributed by atoms with Crippen LogP contribution in [0.2, 0.25) is 0 Å². The molecule has 128 valence electrons. The molecule has 0 aliphatic rings. The van der Waals surface area contributed by atoms with Crippen LogP contribution in [0.5, 0.6) is 0 Å². The third-order valence-corrected chi connectivity index (χ3v) is 3.65. The summed E-state index contributed by atoms with van der Waals surface area (Å²) in [4.78, 5) is 26.0. The molecule has 1 N–H and O–H groups in total. The fraction of sp³-hybridized carbons (Fsp3) is 0.389. The molecule has 0 bridgehead atoms. The number of carbonyl (C=O) groups is 2. The summed E-state index contributed by atoms with van der Waals surface area (Å²) in [5, 5.41) is 7.24. The van der Waals surface area contributed by atoms with Gasteiger partial charge in [-0.25, -0.2) is 0 Å². The average molecular weight is 328 g/mol. The molecule has 0 aliphatic carbocycles. The molecule has 0 saturated heterocycles. The molecular weight excluding hydrogens is 304 g/mol. The Kier molecular flexibility index (Phi) is 4.78. The van der Waals surface area contributed by atoms with Gasteiger partial charge in [-0.05, 0) is 24.3 Å². The fourth-order valence-electron chi connectivity index (χ4n) is 2.23. The monoisotopic (exact) mass is 328 g/mol. The molecule has 2 rings (SSSR count). The summed E-state index contributed by atoms with van der Waals surface area (Å²) in [5.74, 6) is -0.364. The van der Waals surface area contributed by atoms with Gasteiger partial charge in [0.1, 0.15) is 5.69 Å². The predicted molar refractivity (Wildman–Crippen MR) is 94.3 cm³/mol. The first-order chi connectivity index (χ1) is 11.1. The van der Waals surface area contributed by atoms with Crippen LogP contribution in [-0.2, 0) is 12.5 Å². The summed E-state index contributed by atoms with van der Waals surface area (Å²) >= 11 is 0. The van der Waals surface area contributed by atoms with Crippen molar-refractivity contribution in [3.05, 3.63) is 47.3 Å². The average Bonchev–Trinajstić information content (AvgIpc) is 2.89. The molecule has 0 spiro atoms. The van der Waals surface area contributed by atoms with Gasteiger partial charge in [0.15, 0.2) is 0 Å². The first-order valence-corrected chi connectivity index (χ1v) is 7.77. The molecule has 6 heteroatoms. The summed E-state index contributed by atoms with van der Waals surface area (Å²) < 4.78 is 1.57. The Morgan fingerprint density at radius 2 is 1.83 bits per heavy atom. The lowest BCUT2D eigenvalue weighted by molar-refractivity contribution is 0.0827. The standard InChI is InChI=1S/C18H24N4O2/c1-18(2,3)15-11-14(22(6)20-15)16(23)19-13-9-7-8-12(10-13)17(24)21(4)5/h7-11H,1-6H3,(H,19,23). The number of aromatic nitrogens is 2. The number of hydrogen-bond acceptors (Lipinski definition) is 3. The van der Waals surface area contributed by atoms with Crippen LogP contribution >= 0.6 is 0 Å². The summed E-state index contributed by atoms with van der Waals surface area (Å²) in [6.45, 7) is 6.15. The van der Waals surface area contributed by atoms with E-state index in [-0.39, 0.29) is 17.2 Å². The number of nitrogens with zero attached hydrogens (tertiary/aromatic N) is 3. The van der Waals surface area contributed by atoms with Crippen molar-refractivity contribution in [1.29, 1.82) is 0 Å². The van der Waals surface area contributed by atoms with Gasteiger partial charge in [0, 0.05) is 37.8 Å². The van der Waals surface area contributed by atoms with Crippen molar-refractivity contribution in [2.24, 2.45) is 7.05 Å². The largest absolute Gasteiger partial charge is 0.345 e. The van der Waals surface area contributed by atoms with E-state index in [1.807, 2.05) is 20.8 Å². The Morgan fingerprint density at radius 3 is 2.38 bits per heavy atom. The molecule has 0 atom stereocenters. The van der Waals surface area contributed by atoms with Crippen molar-refractivity contribution >= 4 is 17.5 Å². The molecule has 2 aromatic rings. The minimum absolute atomic E-state index is 0.110. The van der Waals surface area contributed by atoms with E-state index in [2.05, 4.69) is 10.4 Å². The molecule has 0 unspecified atom stereocenters. The van der Waals surface area contributed by atoms with E-state index in [0.717, 1.165) is 5.69 Å². The van der Waals surface area contributed by atoms with Crippen LogP contribution in [0.4, 0.5) is 5.69 Å². The zero-order valence-electron chi connectivity index (χ0n) is 15.0. The lowest BCUT2D eigenvalue weighted by Gasteiger charge is -2.13. The Hall–Kier alpha value is -2.63. The third kappa shape index (κ3) is 3.82. The van der Waals surface area contributed by atoms with E-state index in [1.54, 1.807) is 56.2 Å². The van der Waals surface area contributed by atoms with Crippen LogP contribution in [0.15, 0.2) is 30.3 Å². The van der Waals surface area contributed by atoms with Crippen LogP contribution < -0.4 is 5.32 Å². The highest BCUT2D eigenvalue weighted by atomic mass is 16.2. The van der Waals surface area contributed by atoms with Gasteiger partial charge in [-0.2, -0.15) is 5.10 Å². The normalized spacial score (nSPS) is 11.2. The lowest BCUT2D eigenvalue weighted by atomic mass is 9.92. The van der Waals surface area contributed by atoms with E-state index in [1.165, 1.54) is 4.90 Å². The van der Waals surface area contributed by atoms with Crippen molar-refractivity contribution in [2.45, 2.75) is 26.2 Å². The molecule has 1 aromatic heterocycles. The Bertz CT molecular complexity index is 770. The van der Waals surface area contributed by atoms with Crippen molar-refractivity contribution in [3.63, 3.8) is 0 Å². The topological polar surface area (TPSA) is 67.2 Å². The van der Waals surface area contributed by atoms with Crippen LogP contribution in [0.25, 0.3) is 0 Å². The van der Waals surface area contributed by atoms with Crippen molar-refractivity contribution in [2.75, 3.05) is 19.4 Å². The minimum Gasteiger partial charge on any atom is -0.345 e. The fourth-order valence-corrected chi connectivity index (χ4v) is 2.23. The quantitative estimate of drug-likeness (QED) is 0.942. The Labute approximate surface area is 142 Å². The summed E-state index contributed by atoms with van der Waals surface area (Å²) in [6, 6.07) is 8.69. The zero-order valence-corrected chi connectivity index (χ0v) is 15.0. The Morgan fingerprint density at radius 1 is 1.17 bits per heavy atom. The molecule has 0 radical (unpaired) electrons. The van der Waals surface area contributed by atoms with E-state index in [4.69, 9.17) is 0 Å². The zero-order chi connectivity index (χ0) is 18.1. The van der Waals surface area contributed by atoms with E-state index in [0.29, 0.717) is 16.9 Å². The highest BCUT2D eigenvalue weighted by Gasteiger charge is 2.22. The predicted octanol–water partition coefficient (Wildman–Crippen LogP) is 2.67. The number of carbonyl (C=O) groups excluding carboxylic acids is 2. The molecule has 0 saturated carbocycles. The van der Waals surface area contributed by atoms with Gasteiger partial charge in [0.05, 0.1) is 5.69 Å². The van der Waals surface area contributed by atoms with Gasteiger partial charge < -0.3 is 10.2 Å². The number of benzene rings is 1.